The highest BCUT2D eigenvalue weighted by Crippen LogP contribution is 2.51. The normalized spacial score (nSPS) is 12.6. The molecule has 8 rings (SSSR count). The van der Waals surface area contributed by atoms with Crippen molar-refractivity contribution in [3.63, 3.8) is 0 Å². The molecular weight excluding hydrogens is 484 g/mol. The number of para-hydroxylation sites is 3. The molecular formula is C38H26N2. The average molecular weight is 511 g/mol. The highest BCUT2D eigenvalue weighted by molar-refractivity contribution is 6.03. The molecule has 2 aliphatic heterocycles. The van der Waals surface area contributed by atoms with E-state index in [1.165, 1.54) is 55.9 Å². The zero-order valence-corrected chi connectivity index (χ0v) is 21.9. The van der Waals surface area contributed by atoms with E-state index in [-0.39, 0.29) is 0 Å². The third-order valence-corrected chi connectivity index (χ3v) is 7.96. The third kappa shape index (κ3) is 3.65. The number of rotatable bonds is 2. The molecule has 0 atom stereocenters. The van der Waals surface area contributed by atoms with E-state index in [2.05, 4.69) is 162 Å². The zero-order valence-electron chi connectivity index (χ0n) is 21.9. The minimum absolute atomic E-state index is 1.12. The van der Waals surface area contributed by atoms with Crippen LogP contribution in [0.5, 0.6) is 0 Å². The summed E-state index contributed by atoms with van der Waals surface area (Å²) >= 11 is 0. The van der Waals surface area contributed by atoms with Crippen LogP contribution in [0, 0.1) is 0 Å². The summed E-state index contributed by atoms with van der Waals surface area (Å²) in [5.41, 5.74) is 15.5. The molecule has 0 aromatic heterocycles. The smallest absolute Gasteiger partial charge is 0.0540 e. The molecule has 0 spiro atoms. The van der Waals surface area contributed by atoms with Crippen LogP contribution < -0.4 is 10.2 Å². The van der Waals surface area contributed by atoms with Gasteiger partial charge in [0.25, 0.3) is 0 Å². The van der Waals surface area contributed by atoms with E-state index in [9.17, 15) is 0 Å². The lowest BCUT2D eigenvalue weighted by atomic mass is 9.92. The number of fused-ring (bicyclic) bond motifs is 7. The zero-order chi connectivity index (χ0) is 26.5. The fraction of sp³-hybridized carbons (Fsp3) is 0. The van der Waals surface area contributed by atoms with Crippen molar-refractivity contribution in [2.75, 3.05) is 10.2 Å². The van der Waals surface area contributed by atoms with Gasteiger partial charge < -0.3 is 10.2 Å². The van der Waals surface area contributed by atoms with Crippen LogP contribution in [0.2, 0.25) is 0 Å². The van der Waals surface area contributed by atoms with E-state index in [4.69, 9.17) is 0 Å². The van der Waals surface area contributed by atoms with E-state index in [0.29, 0.717) is 0 Å². The van der Waals surface area contributed by atoms with Crippen LogP contribution in [0.25, 0.3) is 45.5 Å². The van der Waals surface area contributed by atoms with Gasteiger partial charge in [-0.25, -0.2) is 0 Å². The molecule has 0 saturated carbocycles. The van der Waals surface area contributed by atoms with Gasteiger partial charge in [0.05, 0.1) is 11.4 Å². The summed E-state index contributed by atoms with van der Waals surface area (Å²) in [6.07, 6.45) is 4.41. The van der Waals surface area contributed by atoms with Crippen LogP contribution in [-0.2, 0) is 0 Å². The van der Waals surface area contributed by atoms with Gasteiger partial charge in [-0.3, -0.25) is 0 Å². The molecule has 2 heterocycles. The topological polar surface area (TPSA) is 15.3 Å². The minimum atomic E-state index is 1.12. The second-order valence-corrected chi connectivity index (χ2v) is 10.3. The van der Waals surface area contributed by atoms with Gasteiger partial charge in [-0.2, -0.15) is 0 Å². The summed E-state index contributed by atoms with van der Waals surface area (Å²) in [6.45, 7) is 0. The highest BCUT2D eigenvalue weighted by Gasteiger charge is 2.26. The van der Waals surface area contributed by atoms with Crippen LogP contribution in [0.3, 0.4) is 0 Å². The number of benzene rings is 6. The minimum Gasteiger partial charge on any atom is -0.355 e. The lowest BCUT2D eigenvalue weighted by Crippen LogP contribution is -2.10. The summed E-state index contributed by atoms with van der Waals surface area (Å²) < 4.78 is 0. The van der Waals surface area contributed by atoms with Gasteiger partial charge in [0.2, 0.25) is 0 Å². The predicted molar refractivity (Wildman–Crippen MR) is 170 cm³/mol. The van der Waals surface area contributed by atoms with Crippen molar-refractivity contribution in [1.29, 1.82) is 0 Å². The van der Waals surface area contributed by atoms with Gasteiger partial charge in [-0.1, -0.05) is 103 Å². The fourth-order valence-corrected chi connectivity index (χ4v) is 6.04. The van der Waals surface area contributed by atoms with E-state index < -0.39 is 0 Å². The first kappa shape index (κ1) is 22.6. The van der Waals surface area contributed by atoms with Gasteiger partial charge in [-0.15, -0.1) is 0 Å². The van der Waals surface area contributed by atoms with Gasteiger partial charge in [0.1, 0.15) is 0 Å². The second kappa shape index (κ2) is 9.14. The first-order valence-electron chi connectivity index (χ1n) is 13.7. The van der Waals surface area contributed by atoms with Crippen LogP contribution >= 0.6 is 0 Å². The predicted octanol–water partition coefficient (Wildman–Crippen LogP) is 10.7. The summed E-state index contributed by atoms with van der Waals surface area (Å²) in [5, 5.41) is 3.62. The van der Waals surface area contributed by atoms with Crippen molar-refractivity contribution >= 4 is 40.6 Å². The second-order valence-electron chi connectivity index (χ2n) is 10.3. The Hall–Kier alpha value is -5.34. The maximum atomic E-state index is 3.62. The molecule has 0 radical (unpaired) electrons. The number of anilines is 5. The molecule has 1 N–H and O–H groups in total. The quantitative estimate of drug-likeness (QED) is 0.249. The van der Waals surface area contributed by atoms with Gasteiger partial charge >= 0.3 is 0 Å². The number of hydrogen-bond acceptors (Lipinski definition) is 2. The van der Waals surface area contributed by atoms with E-state index in [0.717, 1.165) is 17.1 Å². The van der Waals surface area contributed by atoms with Gasteiger partial charge in [-0.05, 0) is 81.9 Å². The first-order valence-corrected chi connectivity index (χ1v) is 13.7. The molecule has 0 fully saturated rings. The summed E-state index contributed by atoms with van der Waals surface area (Å²) in [5.74, 6) is 0. The van der Waals surface area contributed by atoms with Crippen molar-refractivity contribution in [1.82, 2.24) is 0 Å². The Bertz CT molecular complexity index is 1930. The molecule has 0 amide bonds. The lowest BCUT2D eigenvalue weighted by Gasteiger charge is -2.27. The molecule has 0 saturated heterocycles. The Kier molecular flexibility index (Phi) is 5.17. The highest BCUT2D eigenvalue weighted by atomic mass is 15.1. The van der Waals surface area contributed by atoms with E-state index in [1.807, 2.05) is 0 Å². The maximum absolute atomic E-state index is 3.62. The van der Waals surface area contributed by atoms with Gasteiger partial charge in [0, 0.05) is 28.2 Å². The lowest BCUT2D eigenvalue weighted by molar-refractivity contribution is 1.29. The monoisotopic (exact) mass is 510 g/mol. The van der Waals surface area contributed by atoms with Crippen LogP contribution in [-0.4, -0.2) is 0 Å². The molecule has 2 heteroatoms. The van der Waals surface area contributed by atoms with Crippen molar-refractivity contribution in [2.24, 2.45) is 0 Å². The van der Waals surface area contributed by atoms with Crippen molar-refractivity contribution in [2.45, 2.75) is 0 Å². The largest absolute Gasteiger partial charge is 0.355 e. The van der Waals surface area contributed by atoms with E-state index >= 15 is 0 Å². The standard InChI is InChI=1S/C38H26N2/c1-2-11-30(12-3-1)40-37-17-9-7-15-33(37)31-13-5-6-14-32(31)34-25-28(21-23-38(34)40)27-20-22-36-29(24-27)19-18-26-10-4-8-16-35(26)39-36/h1-25,39H. The summed E-state index contributed by atoms with van der Waals surface area (Å²) in [6, 6.07) is 50.2. The van der Waals surface area contributed by atoms with Crippen LogP contribution in [0.1, 0.15) is 11.1 Å². The molecule has 40 heavy (non-hydrogen) atoms. The first-order chi connectivity index (χ1) is 19.8. The van der Waals surface area contributed by atoms with Crippen molar-refractivity contribution in [3.05, 3.63) is 151 Å². The molecule has 0 aliphatic carbocycles. The molecule has 0 bridgehead atoms. The molecule has 2 aliphatic rings. The Balaban J connectivity index is 1.32. The number of nitrogens with one attached hydrogen (secondary N) is 1. The van der Waals surface area contributed by atoms with Crippen molar-refractivity contribution < 1.29 is 0 Å². The SMILES string of the molecule is C1=Cc2cc(-c3ccc4c(c3)-c3ccccc3-c3ccccc3N4c3ccccc3)ccc2Nc2ccccc21. The number of hydrogen-bond donors (Lipinski definition) is 1. The molecule has 0 unspecified atom stereocenters. The van der Waals surface area contributed by atoms with Crippen LogP contribution in [0.4, 0.5) is 28.4 Å². The van der Waals surface area contributed by atoms with Crippen molar-refractivity contribution in [3.8, 4) is 33.4 Å². The Morgan fingerprint density at radius 3 is 1.88 bits per heavy atom. The molecule has 188 valence electrons. The fourth-order valence-electron chi connectivity index (χ4n) is 6.04. The van der Waals surface area contributed by atoms with E-state index in [1.54, 1.807) is 0 Å². The average Bonchev–Trinajstić information content (AvgIpc) is 3.28. The Labute approximate surface area is 234 Å². The summed E-state index contributed by atoms with van der Waals surface area (Å²) in [4.78, 5) is 2.40. The third-order valence-electron chi connectivity index (χ3n) is 7.96. The summed E-state index contributed by atoms with van der Waals surface area (Å²) in [7, 11) is 0. The molecule has 6 aromatic carbocycles. The Morgan fingerprint density at radius 1 is 0.400 bits per heavy atom. The maximum Gasteiger partial charge on any atom is 0.0540 e. The Morgan fingerprint density at radius 2 is 1.00 bits per heavy atom. The van der Waals surface area contributed by atoms with Gasteiger partial charge in [0.15, 0.2) is 0 Å². The molecule has 6 aromatic rings. The molecule has 2 nitrogen and oxygen atoms in total. The number of nitrogens with zero attached hydrogens (tertiary/aromatic N) is 1. The van der Waals surface area contributed by atoms with Crippen LogP contribution in [0.15, 0.2) is 140 Å².